The quantitative estimate of drug-likeness (QED) is 0.707. The van der Waals surface area contributed by atoms with Gasteiger partial charge in [-0.25, -0.2) is 0 Å². The smallest absolute Gasteiger partial charge is 0.246 e. The summed E-state index contributed by atoms with van der Waals surface area (Å²) < 4.78 is 10.5. The first-order valence-corrected chi connectivity index (χ1v) is 4.71. The third-order valence-electron chi connectivity index (χ3n) is 2.66. The first kappa shape index (κ1) is 8.55. The molecule has 1 amide bonds. The molecule has 1 aromatic rings. The highest BCUT2D eigenvalue weighted by atomic mass is 16.7. The molecule has 2 N–H and O–H groups in total. The Hall–Kier alpha value is -1.75. The van der Waals surface area contributed by atoms with E-state index in [0.717, 1.165) is 11.3 Å². The van der Waals surface area contributed by atoms with Crippen LogP contribution in [0, 0.1) is 0 Å². The van der Waals surface area contributed by atoms with Gasteiger partial charge >= 0.3 is 0 Å². The summed E-state index contributed by atoms with van der Waals surface area (Å²) in [7, 11) is 1.75. The summed E-state index contributed by atoms with van der Waals surface area (Å²) in [5.41, 5.74) is 1.70. The lowest BCUT2D eigenvalue weighted by atomic mass is 10.1. The van der Waals surface area contributed by atoms with Crippen molar-refractivity contribution in [1.29, 1.82) is 0 Å². The van der Waals surface area contributed by atoms with Gasteiger partial charge in [-0.05, 0) is 13.1 Å². The molecule has 5 heteroatoms. The Labute approximate surface area is 86.4 Å². The first-order chi connectivity index (χ1) is 7.29. The fraction of sp³-hybridized carbons (Fsp3) is 0.300. The van der Waals surface area contributed by atoms with E-state index in [4.69, 9.17) is 9.47 Å². The number of hydrogen-bond acceptors (Lipinski definition) is 4. The lowest BCUT2D eigenvalue weighted by Crippen LogP contribution is -2.23. The van der Waals surface area contributed by atoms with E-state index >= 15 is 0 Å². The fourth-order valence-electron chi connectivity index (χ4n) is 1.94. The van der Waals surface area contributed by atoms with Gasteiger partial charge in [-0.2, -0.15) is 0 Å². The first-order valence-electron chi connectivity index (χ1n) is 4.71. The molecule has 0 fully saturated rings. The molecule has 0 bridgehead atoms. The summed E-state index contributed by atoms with van der Waals surface area (Å²) in [5.74, 6) is 1.34. The van der Waals surface area contributed by atoms with E-state index in [1.54, 1.807) is 13.1 Å². The number of carbonyl (C=O) groups is 1. The normalized spacial score (nSPS) is 21.4. The third-order valence-corrected chi connectivity index (χ3v) is 2.66. The number of likely N-dealkylation sites (N-methyl/N-ethyl adjacent to an activating group) is 1. The van der Waals surface area contributed by atoms with Crippen molar-refractivity contribution < 1.29 is 14.3 Å². The number of hydrogen-bond donors (Lipinski definition) is 2. The van der Waals surface area contributed by atoms with Crippen molar-refractivity contribution in [1.82, 2.24) is 5.32 Å². The summed E-state index contributed by atoms with van der Waals surface area (Å²) in [6.07, 6.45) is 0. The second-order valence-corrected chi connectivity index (χ2v) is 3.50. The molecule has 0 saturated carbocycles. The van der Waals surface area contributed by atoms with Crippen molar-refractivity contribution in [2.45, 2.75) is 6.04 Å². The van der Waals surface area contributed by atoms with Crippen molar-refractivity contribution >= 4 is 11.6 Å². The van der Waals surface area contributed by atoms with E-state index in [1.165, 1.54) is 0 Å². The molecule has 2 aliphatic heterocycles. The van der Waals surface area contributed by atoms with Crippen molar-refractivity contribution in [2.75, 3.05) is 19.2 Å². The lowest BCUT2D eigenvalue weighted by molar-refractivity contribution is -0.117. The molecule has 0 aromatic heterocycles. The second kappa shape index (κ2) is 2.87. The number of nitrogens with one attached hydrogen (secondary N) is 2. The van der Waals surface area contributed by atoms with Crippen LogP contribution in [0.4, 0.5) is 5.69 Å². The molecule has 1 aromatic carbocycles. The van der Waals surface area contributed by atoms with Crippen LogP contribution in [0.15, 0.2) is 12.1 Å². The van der Waals surface area contributed by atoms with Crippen molar-refractivity contribution in [3.05, 3.63) is 17.7 Å². The van der Waals surface area contributed by atoms with E-state index < -0.39 is 0 Å². The Morgan fingerprint density at radius 1 is 1.40 bits per heavy atom. The van der Waals surface area contributed by atoms with Gasteiger partial charge in [-0.3, -0.25) is 4.79 Å². The topological polar surface area (TPSA) is 59.6 Å². The maximum atomic E-state index is 11.5. The molecule has 2 aliphatic rings. The molecule has 15 heavy (non-hydrogen) atoms. The number of carbonyl (C=O) groups excluding carboxylic acids is 1. The summed E-state index contributed by atoms with van der Waals surface area (Å²) in [5, 5.41) is 5.74. The Kier molecular flexibility index (Phi) is 1.63. The summed E-state index contributed by atoms with van der Waals surface area (Å²) in [6, 6.07) is 3.35. The molecule has 1 unspecified atom stereocenters. The molecule has 0 saturated heterocycles. The molecular weight excluding hydrogens is 196 g/mol. The molecule has 2 heterocycles. The predicted octanol–water partition coefficient (Wildman–Crippen LogP) is 0.628. The van der Waals surface area contributed by atoms with Gasteiger partial charge in [0.25, 0.3) is 0 Å². The van der Waals surface area contributed by atoms with Crippen molar-refractivity contribution in [2.24, 2.45) is 0 Å². The molecule has 78 valence electrons. The van der Waals surface area contributed by atoms with Gasteiger partial charge in [0.05, 0.1) is 5.69 Å². The zero-order valence-electron chi connectivity index (χ0n) is 8.16. The average Bonchev–Trinajstić information content (AvgIpc) is 2.76. The molecule has 0 spiro atoms. The standard InChI is InChI=1S/C10H10N2O3/c1-11-9-5-2-7-8(15-4-14-7)3-6(5)12-10(9)13/h2-3,9,11H,4H2,1H3,(H,12,13). The minimum atomic E-state index is -0.297. The summed E-state index contributed by atoms with van der Waals surface area (Å²) >= 11 is 0. The maximum Gasteiger partial charge on any atom is 0.246 e. The average molecular weight is 206 g/mol. The van der Waals surface area contributed by atoms with Gasteiger partial charge in [0.1, 0.15) is 6.04 Å². The van der Waals surface area contributed by atoms with Crippen LogP contribution in [0.5, 0.6) is 11.5 Å². The Morgan fingerprint density at radius 3 is 2.87 bits per heavy atom. The van der Waals surface area contributed by atoms with Crippen LogP contribution >= 0.6 is 0 Å². The minimum Gasteiger partial charge on any atom is -0.454 e. The van der Waals surface area contributed by atoms with Crippen LogP contribution in [0.2, 0.25) is 0 Å². The summed E-state index contributed by atoms with van der Waals surface area (Å²) in [6.45, 7) is 0.246. The Bertz CT molecular complexity index is 445. The number of amides is 1. The van der Waals surface area contributed by atoms with Crippen LogP contribution in [-0.2, 0) is 4.79 Å². The van der Waals surface area contributed by atoms with E-state index in [2.05, 4.69) is 10.6 Å². The minimum absolute atomic E-state index is 0.0452. The van der Waals surface area contributed by atoms with E-state index in [9.17, 15) is 4.79 Å². The van der Waals surface area contributed by atoms with Gasteiger partial charge in [0.2, 0.25) is 12.7 Å². The summed E-state index contributed by atoms with van der Waals surface area (Å²) in [4.78, 5) is 11.5. The SMILES string of the molecule is CNC1C(=O)Nc2cc3c(cc21)OCO3. The van der Waals surface area contributed by atoms with Crippen LogP contribution in [0.25, 0.3) is 0 Å². The number of benzene rings is 1. The van der Waals surface area contributed by atoms with E-state index in [-0.39, 0.29) is 18.7 Å². The maximum absolute atomic E-state index is 11.5. The molecule has 0 aliphatic carbocycles. The number of rotatable bonds is 1. The zero-order valence-corrected chi connectivity index (χ0v) is 8.16. The van der Waals surface area contributed by atoms with Crippen molar-refractivity contribution in [3.8, 4) is 11.5 Å². The second-order valence-electron chi connectivity index (χ2n) is 3.50. The highest BCUT2D eigenvalue weighted by Gasteiger charge is 2.31. The molecule has 1 atom stereocenters. The highest BCUT2D eigenvalue weighted by Crippen LogP contribution is 2.41. The highest BCUT2D eigenvalue weighted by molar-refractivity contribution is 6.03. The number of fused-ring (bicyclic) bond motifs is 2. The molecule has 0 radical (unpaired) electrons. The molecule has 5 nitrogen and oxygen atoms in total. The zero-order chi connectivity index (χ0) is 10.4. The number of ether oxygens (including phenoxy) is 2. The predicted molar refractivity (Wildman–Crippen MR) is 53.0 cm³/mol. The third kappa shape index (κ3) is 1.10. The van der Waals surface area contributed by atoms with Crippen LogP contribution in [-0.4, -0.2) is 19.7 Å². The van der Waals surface area contributed by atoms with Crippen LogP contribution in [0.1, 0.15) is 11.6 Å². The fourth-order valence-corrected chi connectivity index (χ4v) is 1.94. The monoisotopic (exact) mass is 206 g/mol. The van der Waals surface area contributed by atoms with Gasteiger partial charge < -0.3 is 20.1 Å². The van der Waals surface area contributed by atoms with E-state index in [1.807, 2.05) is 6.07 Å². The van der Waals surface area contributed by atoms with Crippen LogP contribution in [0.3, 0.4) is 0 Å². The number of anilines is 1. The molecule has 3 rings (SSSR count). The Morgan fingerprint density at radius 2 is 2.13 bits per heavy atom. The van der Waals surface area contributed by atoms with Gasteiger partial charge in [0.15, 0.2) is 11.5 Å². The van der Waals surface area contributed by atoms with Crippen LogP contribution < -0.4 is 20.1 Å². The van der Waals surface area contributed by atoms with Gasteiger partial charge in [-0.1, -0.05) is 0 Å². The van der Waals surface area contributed by atoms with E-state index in [0.29, 0.717) is 11.5 Å². The molecular formula is C10H10N2O3. The van der Waals surface area contributed by atoms with Gasteiger partial charge in [-0.15, -0.1) is 0 Å². The van der Waals surface area contributed by atoms with Crippen molar-refractivity contribution in [3.63, 3.8) is 0 Å². The lowest BCUT2D eigenvalue weighted by Gasteiger charge is -2.06. The largest absolute Gasteiger partial charge is 0.454 e. The Balaban J connectivity index is 2.12. The van der Waals surface area contributed by atoms with Gasteiger partial charge in [0, 0.05) is 11.6 Å².